The molecule has 2 saturated heterocycles. The van der Waals surface area contributed by atoms with E-state index in [4.69, 9.17) is 0 Å². The SMILES string of the molecule is CC(C)CC1(CN2C[C@H]3C[C@H](CN4CCN(C)CC4)C[C@H]3C2)CC1. The Morgan fingerprint density at radius 2 is 1.54 bits per heavy atom. The average Bonchev–Trinajstić information content (AvgIpc) is 2.98. The number of rotatable bonds is 6. The number of likely N-dealkylation sites (tertiary alicyclic amines) is 1. The number of piperazine rings is 1. The summed E-state index contributed by atoms with van der Waals surface area (Å²) in [6, 6.07) is 0. The van der Waals surface area contributed by atoms with Gasteiger partial charge in [-0.2, -0.15) is 0 Å². The molecular weight excluding hydrogens is 294 g/mol. The minimum atomic E-state index is 0.728. The molecule has 0 amide bonds. The van der Waals surface area contributed by atoms with E-state index in [1.807, 2.05) is 0 Å². The highest BCUT2D eigenvalue weighted by Gasteiger charge is 2.47. The van der Waals surface area contributed by atoms with Crippen LogP contribution >= 0.6 is 0 Å². The Morgan fingerprint density at radius 3 is 2.08 bits per heavy atom. The largest absolute Gasteiger partial charge is 0.304 e. The van der Waals surface area contributed by atoms with Gasteiger partial charge in [-0.1, -0.05) is 13.8 Å². The predicted octanol–water partition coefficient (Wildman–Crippen LogP) is 3.02. The second-order valence-electron chi connectivity index (χ2n) is 10.3. The van der Waals surface area contributed by atoms with Crippen LogP contribution in [-0.4, -0.2) is 74.1 Å². The van der Waals surface area contributed by atoms with Crippen molar-refractivity contribution in [3.05, 3.63) is 0 Å². The van der Waals surface area contributed by atoms with Gasteiger partial charge in [0.15, 0.2) is 0 Å². The predicted molar refractivity (Wildman–Crippen MR) is 101 cm³/mol. The van der Waals surface area contributed by atoms with Crippen LogP contribution in [0.25, 0.3) is 0 Å². The van der Waals surface area contributed by atoms with Gasteiger partial charge in [-0.3, -0.25) is 0 Å². The molecule has 4 rings (SSSR count). The van der Waals surface area contributed by atoms with E-state index in [0.717, 1.165) is 29.1 Å². The van der Waals surface area contributed by atoms with Crippen LogP contribution in [0.3, 0.4) is 0 Å². The van der Waals surface area contributed by atoms with Crippen LogP contribution in [0.5, 0.6) is 0 Å². The summed E-state index contributed by atoms with van der Waals surface area (Å²) in [6.45, 7) is 15.6. The van der Waals surface area contributed by atoms with Crippen molar-refractivity contribution in [1.29, 1.82) is 0 Å². The minimum absolute atomic E-state index is 0.728. The van der Waals surface area contributed by atoms with Crippen molar-refractivity contribution < 1.29 is 0 Å². The first kappa shape index (κ1) is 17.3. The standard InChI is InChI=1S/C21H39N3/c1-17(2)12-21(4-5-21)16-24-14-19-10-18(11-20(19)15-24)13-23-8-6-22(3)7-9-23/h17-20H,4-16H2,1-3H3/t18-,19+,20-. The summed E-state index contributed by atoms with van der Waals surface area (Å²) >= 11 is 0. The summed E-state index contributed by atoms with van der Waals surface area (Å²) < 4.78 is 0. The van der Waals surface area contributed by atoms with Gasteiger partial charge in [0.1, 0.15) is 0 Å². The number of hydrogen-bond acceptors (Lipinski definition) is 3. The molecule has 2 aliphatic carbocycles. The number of hydrogen-bond donors (Lipinski definition) is 0. The maximum atomic E-state index is 2.86. The van der Waals surface area contributed by atoms with Crippen LogP contribution in [0.2, 0.25) is 0 Å². The van der Waals surface area contributed by atoms with E-state index in [1.165, 1.54) is 84.5 Å². The maximum Gasteiger partial charge on any atom is 0.0110 e. The van der Waals surface area contributed by atoms with E-state index in [9.17, 15) is 0 Å². The van der Waals surface area contributed by atoms with Crippen molar-refractivity contribution in [2.24, 2.45) is 29.1 Å². The molecule has 3 nitrogen and oxygen atoms in total. The van der Waals surface area contributed by atoms with Crippen molar-refractivity contribution in [2.45, 2.75) is 46.0 Å². The first-order valence-electron chi connectivity index (χ1n) is 10.6. The summed E-state index contributed by atoms with van der Waals surface area (Å²) in [5, 5.41) is 0. The van der Waals surface area contributed by atoms with Gasteiger partial charge < -0.3 is 14.7 Å². The van der Waals surface area contributed by atoms with Gasteiger partial charge in [0.25, 0.3) is 0 Å². The molecule has 0 unspecified atom stereocenters. The zero-order valence-electron chi connectivity index (χ0n) is 16.3. The third kappa shape index (κ3) is 3.99. The number of fused-ring (bicyclic) bond motifs is 1. The van der Waals surface area contributed by atoms with Crippen molar-refractivity contribution in [3.63, 3.8) is 0 Å². The summed E-state index contributed by atoms with van der Waals surface area (Å²) in [5.41, 5.74) is 0.728. The second kappa shape index (κ2) is 6.89. The molecule has 0 bridgehead atoms. The smallest absolute Gasteiger partial charge is 0.0110 e. The fourth-order valence-electron chi connectivity index (χ4n) is 6.14. The molecule has 0 aromatic rings. The van der Waals surface area contributed by atoms with Crippen LogP contribution < -0.4 is 0 Å². The third-order valence-corrected chi connectivity index (χ3v) is 7.39. The summed E-state index contributed by atoms with van der Waals surface area (Å²) in [6.07, 6.45) is 7.51. The molecule has 0 spiro atoms. The fraction of sp³-hybridized carbons (Fsp3) is 1.00. The van der Waals surface area contributed by atoms with E-state index >= 15 is 0 Å². The van der Waals surface area contributed by atoms with E-state index in [1.54, 1.807) is 0 Å². The molecule has 0 radical (unpaired) electrons. The highest BCUT2D eigenvalue weighted by molar-refractivity contribution is 5.00. The molecule has 4 fully saturated rings. The van der Waals surface area contributed by atoms with Gasteiger partial charge in [-0.25, -0.2) is 0 Å². The maximum absolute atomic E-state index is 2.86. The zero-order chi connectivity index (χ0) is 16.7. The number of nitrogens with zero attached hydrogens (tertiary/aromatic N) is 3. The van der Waals surface area contributed by atoms with Crippen molar-refractivity contribution >= 4 is 0 Å². The Kier molecular flexibility index (Phi) is 4.96. The van der Waals surface area contributed by atoms with E-state index < -0.39 is 0 Å². The molecular formula is C21H39N3. The molecule has 2 saturated carbocycles. The molecule has 0 aromatic carbocycles. The lowest BCUT2D eigenvalue weighted by atomic mass is 9.93. The number of likely N-dealkylation sites (N-methyl/N-ethyl adjacent to an activating group) is 1. The van der Waals surface area contributed by atoms with Crippen LogP contribution in [0.1, 0.15) is 46.0 Å². The van der Waals surface area contributed by atoms with Crippen molar-refractivity contribution in [1.82, 2.24) is 14.7 Å². The lowest BCUT2D eigenvalue weighted by molar-refractivity contribution is 0.132. The van der Waals surface area contributed by atoms with Gasteiger partial charge in [-0.05, 0) is 68.2 Å². The highest BCUT2D eigenvalue weighted by Crippen LogP contribution is 2.52. The summed E-state index contributed by atoms with van der Waals surface area (Å²) in [5.74, 6) is 3.92. The van der Waals surface area contributed by atoms with Crippen LogP contribution in [-0.2, 0) is 0 Å². The monoisotopic (exact) mass is 333 g/mol. The van der Waals surface area contributed by atoms with Crippen LogP contribution in [0, 0.1) is 29.1 Å². The van der Waals surface area contributed by atoms with Gasteiger partial charge in [0.05, 0.1) is 0 Å². The second-order valence-corrected chi connectivity index (χ2v) is 10.3. The van der Waals surface area contributed by atoms with Crippen LogP contribution in [0.4, 0.5) is 0 Å². The molecule has 0 N–H and O–H groups in total. The Morgan fingerprint density at radius 1 is 0.917 bits per heavy atom. The summed E-state index contributed by atoms with van der Waals surface area (Å²) in [7, 11) is 2.26. The van der Waals surface area contributed by atoms with Crippen LogP contribution in [0.15, 0.2) is 0 Å². The molecule has 24 heavy (non-hydrogen) atoms. The highest BCUT2D eigenvalue weighted by atomic mass is 15.2. The van der Waals surface area contributed by atoms with Crippen molar-refractivity contribution in [3.8, 4) is 0 Å². The molecule has 138 valence electrons. The molecule has 0 aromatic heterocycles. The first-order valence-corrected chi connectivity index (χ1v) is 10.6. The van der Waals surface area contributed by atoms with E-state index in [2.05, 4.69) is 35.6 Å². The Balaban J connectivity index is 1.21. The van der Waals surface area contributed by atoms with E-state index in [0.29, 0.717) is 0 Å². The van der Waals surface area contributed by atoms with Gasteiger partial charge in [0, 0.05) is 52.4 Å². The minimum Gasteiger partial charge on any atom is -0.304 e. The topological polar surface area (TPSA) is 9.72 Å². The first-order chi connectivity index (χ1) is 11.5. The van der Waals surface area contributed by atoms with E-state index in [-0.39, 0.29) is 0 Å². The molecule has 3 atom stereocenters. The molecule has 4 aliphatic rings. The van der Waals surface area contributed by atoms with Gasteiger partial charge in [-0.15, -0.1) is 0 Å². The third-order valence-electron chi connectivity index (χ3n) is 7.39. The van der Waals surface area contributed by atoms with Gasteiger partial charge in [0.2, 0.25) is 0 Å². The van der Waals surface area contributed by atoms with Crippen molar-refractivity contribution in [2.75, 3.05) is 59.4 Å². The molecule has 3 heteroatoms. The zero-order valence-corrected chi connectivity index (χ0v) is 16.3. The molecule has 2 heterocycles. The average molecular weight is 334 g/mol. The lowest BCUT2D eigenvalue weighted by Gasteiger charge is -2.34. The lowest BCUT2D eigenvalue weighted by Crippen LogP contribution is -2.46. The Labute approximate surface area is 149 Å². The summed E-state index contributed by atoms with van der Waals surface area (Å²) in [4.78, 5) is 8.07. The quantitative estimate of drug-likeness (QED) is 0.740. The Hall–Kier alpha value is -0.120. The Bertz CT molecular complexity index is 409. The fourth-order valence-corrected chi connectivity index (χ4v) is 6.14. The molecule has 2 aliphatic heterocycles. The van der Waals surface area contributed by atoms with Gasteiger partial charge >= 0.3 is 0 Å². The normalized spacial score (nSPS) is 37.2.